The lowest BCUT2D eigenvalue weighted by molar-refractivity contribution is -0.113. The summed E-state index contributed by atoms with van der Waals surface area (Å²) in [6.07, 6.45) is 1.67. The second-order valence-electron chi connectivity index (χ2n) is 6.07. The first-order valence-electron chi connectivity index (χ1n) is 8.62. The highest BCUT2D eigenvalue weighted by atomic mass is 32.2. The molecular formula is C22H14N2O3S2. The fourth-order valence-corrected chi connectivity index (χ4v) is 4.20. The van der Waals surface area contributed by atoms with Crippen molar-refractivity contribution < 1.29 is 13.9 Å². The molecule has 1 fully saturated rings. The molecule has 4 rings (SSSR count). The molecule has 2 heterocycles. The molecule has 1 saturated heterocycles. The summed E-state index contributed by atoms with van der Waals surface area (Å²) in [7, 11) is 1.59. The third kappa shape index (κ3) is 3.68. The Balaban J connectivity index is 1.61. The van der Waals surface area contributed by atoms with Crippen LogP contribution in [0.25, 0.3) is 17.4 Å². The fraction of sp³-hybridized carbons (Fsp3) is 0.0455. The Labute approximate surface area is 177 Å². The van der Waals surface area contributed by atoms with Crippen molar-refractivity contribution in [2.24, 2.45) is 0 Å². The molecule has 29 heavy (non-hydrogen) atoms. The Morgan fingerprint density at radius 2 is 1.90 bits per heavy atom. The summed E-state index contributed by atoms with van der Waals surface area (Å²) in [6.45, 7) is 0. The normalized spacial score (nSPS) is 15.0. The fourth-order valence-electron chi connectivity index (χ4n) is 2.92. The number of rotatable bonds is 4. The van der Waals surface area contributed by atoms with Crippen LogP contribution in [0.1, 0.15) is 11.3 Å². The number of nitriles is 1. The van der Waals surface area contributed by atoms with Crippen LogP contribution in [0.3, 0.4) is 0 Å². The van der Waals surface area contributed by atoms with Crippen molar-refractivity contribution in [2.45, 2.75) is 0 Å². The van der Waals surface area contributed by atoms with Crippen LogP contribution in [-0.4, -0.2) is 17.3 Å². The zero-order valence-corrected chi connectivity index (χ0v) is 16.9. The van der Waals surface area contributed by atoms with Crippen LogP contribution in [0.5, 0.6) is 5.75 Å². The Kier molecular flexibility index (Phi) is 5.21. The van der Waals surface area contributed by atoms with Gasteiger partial charge in [0, 0.05) is 11.6 Å². The minimum Gasteiger partial charge on any atom is -0.497 e. The van der Waals surface area contributed by atoms with E-state index < -0.39 is 0 Å². The molecule has 0 spiro atoms. The number of anilines is 1. The summed E-state index contributed by atoms with van der Waals surface area (Å²) in [5.41, 5.74) is 1.92. The predicted molar refractivity (Wildman–Crippen MR) is 118 cm³/mol. The maximum atomic E-state index is 12.9. The van der Waals surface area contributed by atoms with Gasteiger partial charge in [0.25, 0.3) is 5.91 Å². The Bertz CT molecular complexity index is 1170. The second-order valence-corrected chi connectivity index (χ2v) is 7.75. The zero-order valence-electron chi connectivity index (χ0n) is 15.3. The average Bonchev–Trinajstić information content (AvgIpc) is 3.32. The van der Waals surface area contributed by atoms with Crippen LogP contribution in [-0.2, 0) is 4.79 Å². The molecule has 5 nitrogen and oxygen atoms in total. The summed E-state index contributed by atoms with van der Waals surface area (Å²) in [5, 5.41) is 9.27. The molecular weight excluding hydrogens is 404 g/mol. The number of thiocarbonyl (C=S) groups is 1. The molecule has 1 aliphatic rings. The van der Waals surface area contributed by atoms with Crippen molar-refractivity contribution in [2.75, 3.05) is 12.0 Å². The van der Waals surface area contributed by atoms with E-state index in [2.05, 4.69) is 6.07 Å². The van der Waals surface area contributed by atoms with E-state index in [1.165, 1.54) is 16.7 Å². The van der Waals surface area contributed by atoms with Gasteiger partial charge in [-0.1, -0.05) is 36.1 Å². The van der Waals surface area contributed by atoms with Crippen LogP contribution in [0.15, 0.2) is 70.0 Å². The molecule has 1 amide bonds. The first kappa shape index (κ1) is 19.0. The topological polar surface area (TPSA) is 66.5 Å². The number of thioether (sulfide) groups is 1. The Morgan fingerprint density at radius 1 is 1.14 bits per heavy atom. The molecule has 3 aromatic rings. The van der Waals surface area contributed by atoms with E-state index in [0.717, 1.165) is 0 Å². The third-order valence-electron chi connectivity index (χ3n) is 4.34. The molecule has 7 heteroatoms. The number of benzene rings is 2. The SMILES string of the molecule is COc1ccc(N2C(=O)/C(=C/c3ccc(-c4ccccc4C#N)o3)SC2=S)cc1. The summed E-state index contributed by atoms with van der Waals surface area (Å²) in [5.74, 6) is 1.58. The Morgan fingerprint density at radius 3 is 2.62 bits per heavy atom. The number of furan rings is 1. The van der Waals surface area contributed by atoms with Crippen LogP contribution < -0.4 is 9.64 Å². The molecule has 1 aliphatic heterocycles. The lowest BCUT2D eigenvalue weighted by Gasteiger charge is -2.14. The first-order valence-corrected chi connectivity index (χ1v) is 9.84. The molecule has 0 saturated carbocycles. The number of nitrogens with zero attached hydrogens (tertiary/aromatic N) is 2. The lowest BCUT2D eigenvalue weighted by Crippen LogP contribution is -2.27. The van der Waals surface area contributed by atoms with Gasteiger partial charge in [0.05, 0.1) is 29.3 Å². The van der Waals surface area contributed by atoms with E-state index >= 15 is 0 Å². The van der Waals surface area contributed by atoms with Gasteiger partial charge in [0.15, 0.2) is 4.32 Å². The standard InChI is InChI=1S/C22H14N2O3S2/c1-26-16-8-6-15(7-9-16)24-21(25)20(29-22(24)28)12-17-10-11-19(27-17)18-5-3-2-4-14(18)13-23/h2-12H,1H3/b20-12-. The van der Waals surface area contributed by atoms with Crippen molar-refractivity contribution in [3.8, 4) is 23.1 Å². The van der Waals surface area contributed by atoms with Crippen LogP contribution in [0, 0.1) is 11.3 Å². The monoisotopic (exact) mass is 418 g/mol. The van der Waals surface area contributed by atoms with Crippen LogP contribution >= 0.6 is 24.0 Å². The summed E-state index contributed by atoms with van der Waals surface area (Å²) in [6, 6.07) is 20.0. The number of carbonyl (C=O) groups excluding carboxylic acids is 1. The summed E-state index contributed by atoms with van der Waals surface area (Å²) >= 11 is 6.62. The van der Waals surface area contributed by atoms with Gasteiger partial charge >= 0.3 is 0 Å². The number of hydrogen-bond acceptors (Lipinski definition) is 6. The summed E-state index contributed by atoms with van der Waals surface area (Å²) in [4.78, 5) is 14.8. The number of ether oxygens (including phenoxy) is 1. The van der Waals surface area contributed by atoms with Crippen LogP contribution in [0.2, 0.25) is 0 Å². The number of hydrogen-bond donors (Lipinski definition) is 0. The molecule has 142 valence electrons. The molecule has 2 aromatic carbocycles. The quantitative estimate of drug-likeness (QED) is 0.427. The van der Waals surface area contributed by atoms with E-state index in [1.807, 2.05) is 12.1 Å². The second kappa shape index (κ2) is 7.95. The molecule has 0 atom stereocenters. The highest BCUT2D eigenvalue weighted by Crippen LogP contribution is 2.37. The van der Waals surface area contributed by atoms with Crippen molar-refractivity contribution >= 4 is 46.0 Å². The first-order chi connectivity index (χ1) is 14.1. The van der Waals surface area contributed by atoms with E-state index in [9.17, 15) is 10.1 Å². The van der Waals surface area contributed by atoms with Gasteiger partial charge in [-0.05, 0) is 48.5 Å². The van der Waals surface area contributed by atoms with Crippen LogP contribution in [0.4, 0.5) is 5.69 Å². The van der Waals surface area contributed by atoms with E-state index in [4.69, 9.17) is 21.4 Å². The van der Waals surface area contributed by atoms with E-state index in [-0.39, 0.29) is 5.91 Å². The van der Waals surface area contributed by atoms with Gasteiger partial charge in [-0.3, -0.25) is 9.69 Å². The van der Waals surface area contributed by atoms with Crippen molar-refractivity contribution in [1.82, 2.24) is 0 Å². The predicted octanol–water partition coefficient (Wildman–Crippen LogP) is 5.23. The van der Waals surface area contributed by atoms with Crippen molar-refractivity contribution in [3.05, 3.63) is 76.9 Å². The number of methoxy groups -OCH3 is 1. The van der Waals surface area contributed by atoms with Gasteiger partial charge < -0.3 is 9.15 Å². The number of amides is 1. The Hall–Kier alpha value is -3.34. The third-order valence-corrected chi connectivity index (χ3v) is 5.64. The van der Waals surface area contributed by atoms with Gasteiger partial charge in [-0.25, -0.2) is 0 Å². The zero-order chi connectivity index (χ0) is 20.4. The summed E-state index contributed by atoms with van der Waals surface area (Å²) < 4.78 is 11.5. The maximum Gasteiger partial charge on any atom is 0.270 e. The minimum absolute atomic E-state index is 0.208. The van der Waals surface area contributed by atoms with Gasteiger partial charge in [-0.15, -0.1) is 0 Å². The largest absolute Gasteiger partial charge is 0.497 e. The highest BCUT2D eigenvalue weighted by Gasteiger charge is 2.33. The van der Waals surface area contributed by atoms with Gasteiger partial charge in [-0.2, -0.15) is 5.26 Å². The van der Waals surface area contributed by atoms with Gasteiger partial charge in [0.1, 0.15) is 17.3 Å². The number of carbonyl (C=O) groups is 1. The van der Waals surface area contributed by atoms with Gasteiger partial charge in [0.2, 0.25) is 0 Å². The lowest BCUT2D eigenvalue weighted by atomic mass is 10.1. The molecule has 0 bridgehead atoms. The van der Waals surface area contributed by atoms with Crippen molar-refractivity contribution in [1.29, 1.82) is 5.26 Å². The molecule has 0 radical (unpaired) electrons. The smallest absolute Gasteiger partial charge is 0.270 e. The molecule has 1 aromatic heterocycles. The van der Waals surface area contributed by atoms with E-state index in [0.29, 0.717) is 43.3 Å². The average molecular weight is 418 g/mol. The molecule has 0 aliphatic carbocycles. The van der Waals surface area contributed by atoms with E-state index in [1.54, 1.807) is 61.7 Å². The maximum absolute atomic E-state index is 12.9. The molecule has 0 N–H and O–H groups in total. The highest BCUT2D eigenvalue weighted by molar-refractivity contribution is 8.27. The minimum atomic E-state index is -0.208. The van der Waals surface area contributed by atoms with Crippen molar-refractivity contribution in [3.63, 3.8) is 0 Å². The molecule has 0 unspecified atom stereocenters.